The fraction of sp³-hybridized carbons (Fsp3) is 0.167. The maximum Gasteiger partial charge on any atom is 0.416 e. The van der Waals surface area contributed by atoms with Crippen molar-refractivity contribution in [1.29, 1.82) is 0 Å². The first kappa shape index (κ1) is 19.9. The number of benzene rings is 2. The van der Waals surface area contributed by atoms with Gasteiger partial charge in [0, 0.05) is 22.6 Å². The lowest BCUT2D eigenvalue weighted by Crippen LogP contribution is -2.39. The van der Waals surface area contributed by atoms with Gasteiger partial charge in [0.1, 0.15) is 0 Å². The highest BCUT2D eigenvalue weighted by molar-refractivity contribution is 9.10. The van der Waals surface area contributed by atoms with Crippen molar-refractivity contribution in [3.05, 3.63) is 70.3 Å². The average Bonchev–Trinajstić information content (AvgIpc) is 3.09. The van der Waals surface area contributed by atoms with Gasteiger partial charge in [-0.15, -0.1) is 0 Å². The summed E-state index contributed by atoms with van der Waals surface area (Å²) in [6.07, 6.45) is -3.07. The predicted molar refractivity (Wildman–Crippen MR) is 96.8 cm³/mol. The first-order chi connectivity index (χ1) is 13.2. The fourth-order valence-corrected chi connectivity index (χ4v) is 2.66. The van der Waals surface area contributed by atoms with Crippen molar-refractivity contribution in [3.8, 4) is 0 Å². The summed E-state index contributed by atoms with van der Waals surface area (Å²) in [4.78, 5) is 3.67. The number of nitrogens with zero attached hydrogens (tertiary/aromatic N) is 3. The van der Waals surface area contributed by atoms with E-state index >= 15 is 0 Å². The fourth-order valence-electron chi connectivity index (χ4n) is 2.40. The zero-order chi connectivity index (χ0) is 20.3. The Morgan fingerprint density at radius 2 is 1.96 bits per heavy atom. The van der Waals surface area contributed by atoms with Gasteiger partial charge in [0.25, 0.3) is 6.20 Å². The molecule has 0 aliphatic carbocycles. The normalized spacial score (nSPS) is 13.4. The zero-order valence-corrected chi connectivity index (χ0v) is 16.0. The molecule has 3 aromatic rings. The topological polar surface area (TPSA) is 77.4 Å². The molecule has 146 valence electrons. The molecular formula is C18H14BrF3N4O2. The maximum absolute atomic E-state index is 12.7. The molecule has 0 bridgehead atoms. The number of amidine groups is 1. The van der Waals surface area contributed by atoms with Gasteiger partial charge in [-0.1, -0.05) is 34.1 Å². The Morgan fingerprint density at radius 1 is 1.25 bits per heavy atom. The minimum atomic E-state index is -4.50. The Kier molecular flexibility index (Phi) is 5.68. The Bertz CT molecular complexity index is 987. The van der Waals surface area contributed by atoms with Crippen LogP contribution in [0.5, 0.6) is 0 Å². The van der Waals surface area contributed by atoms with E-state index in [0.29, 0.717) is 0 Å². The van der Waals surface area contributed by atoms with Crippen molar-refractivity contribution in [1.82, 2.24) is 5.27 Å². The van der Waals surface area contributed by atoms with Gasteiger partial charge in [0.05, 0.1) is 11.6 Å². The Hall–Kier alpha value is -2.88. The van der Waals surface area contributed by atoms with E-state index in [1.807, 2.05) is 31.2 Å². The molecule has 3 rings (SSSR count). The first-order valence-electron chi connectivity index (χ1n) is 8.06. The highest BCUT2D eigenvalue weighted by Crippen LogP contribution is 2.30. The van der Waals surface area contributed by atoms with Crippen molar-refractivity contribution in [3.63, 3.8) is 0 Å². The van der Waals surface area contributed by atoms with Crippen LogP contribution in [0.1, 0.15) is 24.1 Å². The van der Waals surface area contributed by atoms with E-state index in [1.54, 1.807) is 0 Å². The lowest BCUT2D eigenvalue weighted by atomic mass is 10.1. The number of hydrogen-bond acceptors (Lipinski definition) is 4. The monoisotopic (exact) mass is 454 g/mol. The van der Waals surface area contributed by atoms with E-state index in [1.165, 1.54) is 23.0 Å². The number of aliphatic imine (C=N–C) groups is 1. The number of hydrogen-bond donors (Lipinski definition) is 1. The van der Waals surface area contributed by atoms with Crippen molar-refractivity contribution in [2.45, 2.75) is 19.1 Å². The minimum Gasteiger partial charge on any atom is -0.846 e. The Morgan fingerprint density at radius 3 is 2.64 bits per heavy atom. The summed E-state index contributed by atoms with van der Waals surface area (Å²) >= 11 is 3.36. The maximum atomic E-state index is 12.7. The molecular weight excluding hydrogens is 441 g/mol. The standard InChI is InChI=1S/C18H14BrF3N4O2/c1-11(12-5-7-14(19)8-6-12)26-10-16(28-25-26)24-17(27)23-15-4-2-3-13(9-15)18(20,21)22/h2-11H,1H3,(H-,23,24,25,27)/t11-/m1/s1. The molecule has 0 amide bonds. The number of anilines is 1. The molecule has 1 atom stereocenters. The molecule has 0 spiro atoms. The molecule has 1 N–H and O–H groups in total. The molecule has 2 aromatic carbocycles. The van der Waals surface area contributed by atoms with Gasteiger partial charge < -0.3 is 10.4 Å². The quantitative estimate of drug-likeness (QED) is 0.369. The zero-order valence-electron chi connectivity index (χ0n) is 14.4. The van der Waals surface area contributed by atoms with Gasteiger partial charge in [-0.3, -0.25) is 4.52 Å². The Labute approximate surface area is 166 Å². The lowest BCUT2D eigenvalue weighted by Gasteiger charge is -2.14. The average molecular weight is 455 g/mol. The summed E-state index contributed by atoms with van der Waals surface area (Å²) in [5, 5.41) is 18.1. The third kappa shape index (κ3) is 4.89. The molecule has 0 fully saturated rings. The van der Waals surface area contributed by atoms with Crippen LogP contribution in [0.2, 0.25) is 0 Å². The third-order valence-electron chi connectivity index (χ3n) is 3.87. The van der Waals surface area contributed by atoms with Crippen LogP contribution in [0.4, 0.5) is 24.7 Å². The summed E-state index contributed by atoms with van der Waals surface area (Å²) in [5.41, 5.74) is 0.0618. The summed E-state index contributed by atoms with van der Waals surface area (Å²) in [6.45, 7) is 1.89. The molecule has 0 radical (unpaired) electrons. The first-order valence-corrected chi connectivity index (χ1v) is 8.85. The molecule has 0 aliphatic rings. The molecule has 6 nitrogen and oxygen atoms in total. The minimum absolute atomic E-state index is 0.0285. The molecule has 0 saturated heterocycles. The van der Waals surface area contributed by atoms with E-state index in [9.17, 15) is 18.3 Å². The lowest BCUT2D eigenvalue weighted by molar-refractivity contribution is -0.774. The largest absolute Gasteiger partial charge is 0.846 e. The van der Waals surface area contributed by atoms with Crippen LogP contribution >= 0.6 is 15.9 Å². The summed E-state index contributed by atoms with van der Waals surface area (Å²) in [6, 6.07) is 10.8. The van der Waals surface area contributed by atoms with Crippen LogP contribution in [-0.2, 0) is 6.18 Å². The van der Waals surface area contributed by atoms with Crippen molar-refractivity contribution in [2.24, 2.45) is 4.99 Å². The van der Waals surface area contributed by atoms with Crippen LogP contribution in [0, 0.1) is 0 Å². The molecule has 1 aromatic heterocycles. The summed E-state index contributed by atoms with van der Waals surface area (Å²) in [7, 11) is 0. The van der Waals surface area contributed by atoms with Crippen LogP contribution < -0.4 is 15.1 Å². The van der Waals surface area contributed by atoms with Crippen LogP contribution in [0.15, 0.2) is 68.7 Å². The number of nitrogens with one attached hydrogen (secondary N) is 1. The molecule has 28 heavy (non-hydrogen) atoms. The van der Waals surface area contributed by atoms with Gasteiger partial charge >= 0.3 is 12.1 Å². The van der Waals surface area contributed by atoms with Crippen LogP contribution in [0.25, 0.3) is 0 Å². The second-order valence-electron chi connectivity index (χ2n) is 5.87. The number of halogens is 4. The van der Waals surface area contributed by atoms with Crippen molar-refractivity contribution >= 4 is 33.5 Å². The smallest absolute Gasteiger partial charge is 0.416 e. The number of alkyl halides is 3. The van der Waals surface area contributed by atoms with Gasteiger partial charge in [0.15, 0.2) is 0 Å². The summed E-state index contributed by atoms with van der Waals surface area (Å²) in [5.74, 6) is -0.0755. The molecule has 0 saturated carbocycles. The SMILES string of the molecule is C[C@H](c1ccc(Br)cc1)[n+]1cc(/N=C(\[O-])Nc2cccc(C(F)(F)F)c2)on1. The molecule has 0 aliphatic heterocycles. The van der Waals surface area contributed by atoms with Gasteiger partial charge in [-0.05, 0) is 35.0 Å². The highest BCUT2D eigenvalue weighted by atomic mass is 79.9. The second kappa shape index (κ2) is 8.01. The third-order valence-corrected chi connectivity index (χ3v) is 4.40. The van der Waals surface area contributed by atoms with Gasteiger partial charge in [0.2, 0.25) is 11.3 Å². The van der Waals surface area contributed by atoms with E-state index < -0.39 is 17.8 Å². The van der Waals surface area contributed by atoms with Gasteiger partial charge in [-0.25, -0.2) is 4.99 Å². The summed E-state index contributed by atoms with van der Waals surface area (Å²) < 4.78 is 45.6. The number of rotatable bonds is 4. The van der Waals surface area contributed by atoms with E-state index in [4.69, 9.17) is 4.52 Å². The van der Waals surface area contributed by atoms with E-state index in [-0.39, 0.29) is 17.6 Å². The predicted octanol–water partition coefficient (Wildman–Crippen LogP) is 3.81. The van der Waals surface area contributed by atoms with Crippen molar-refractivity contribution < 1.29 is 27.5 Å². The second-order valence-corrected chi connectivity index (χ2v) is 6.78. The number of aromatic nitrogens is 2. The highest BCUT2D eigenvalue weighted by Gasteiger charge is 2.30. The molecule has 10 heteroatoms. The van der Waals surface area contributed by atoms with E-state index in [0.717, 1.165) is 22.2 Å². The van der Waals surface area contributed by atoms with E-state index in [2.05, 4.69) is 31.5 Å². The van der Waals surface area contributed by atoms with Gasteiger partial charge in [-0.2, -0.15) is 13.2 Å². The van der Waals surface area contributed by atoms with Crippen LogP contribution in [0.3, 0.4) is 0 Å². The Balaban J connectivity index is 1.73. The molecule has 0 unspecified atom stereocenters. The van der Waals surface area contributed by atoms with Crippen molar-refractivity contribution in [2.75, 3.05) is 5.32 Å². The molecule has 1 heterocycles. The van der Waals surface area contributed by atoms with Crippen LogP contribution in [-0.4, -0.2) is 11.3 Å².